The highest BCUT2D eigenvalue weighted by molar-refractivity contribution is 7.99. The summed E-state index contributed by atoms with van der Waals surface area (Å²) in [4.78, 5) is 38.4. The molecule has 184 valence electrons. The van der Waals surface area contributed by atoms with Crippen LogP contribution in [0.4, 0.5) is 5.00 Å². The van der Waals surface area contributed by atoms with Crippen molar-refractivity contribution < 1.29 is 14.4 Å². The first-order valence-electron chi connectivity index (χ1n) is 11.5. The SMILES string of the molecule is CCn1c(SCC(=O)Nc2sc3c(c2C(N)=O)CCCC3)nnc1[C@@H](C)NC(=O)c1ccccc1. The Morgan fingerprint density at radius 3 is 2.63 bits per heavy atom. The molecule has 11 heteroatoms. The zero-order valence-corrected chi connectivity index (χ0v) is 21.3. The monoisotopic (exact) mass is 512 g/mol. The Hall–Kier alpha value is -3.18. The average Bonchev–Trinajstić information content (AvgIpc) is 3.43. The Morgan fingerprint density at radius 2 is 1.91 bits per heavy atom. The predicted octanol–water partition coefficient (Wildman–Crippen LogP) is 3.56. The standard InChI is InChI=1S/C24H28N6O3S2/c1-3-30-21(14(2)26-22(33)15-9-5-4-6-10-15)28-29-24(30)34-13-18(31)27-23-19(20(25)32)16-11-7-8-12-17(16)35-23/h4-6,9-10,14H,3,7-8,11-13H2,1-2H3,(H2,25,32)(H,26,33)(H,27,31)/t14-/m1/s1. The number of carbonyl (C=O) groups is 3. The average molecular weight is 513 g/mol. The number of benzene rings is 1. The molecule has 3 aromatic rings. The summed E-state index contributed by atoms with van der Waals surface area (Å²) in [7, 11) is 0. The lowest BCUT2D eigenvalue weighted by Crippen LogP contribution is -2.28. The maximum atomic E-state index is 12.7. The van der Waals surface area contributed by atoms with E-state index in [2.05, 4.69) is 20.8 Å². The molecule has 3 amide bonds. The molecule has 0 bridgehead atoms. The Labute approximate surface area is 211 Å². The van der Waals surface area contributed by atoms with Gasteiger partial charge in [-0.05, 0) is 57.2 Å². The third-order valence-corrected chi connectivity index (χ3v) is 8.01. The van der Waals surface area contributed by atoms with Gasteiger partial charge < -0.3 is 20.9 Å². The van der Waals surface area contributed by atoms with Crippen LogP contribution in [-0.2, 0) is 24.2 Å². The number of rotatable bonds is 9. The molecule has 1 aromatic carbocycles. The zero-order valence-electron chi connectivity index (χ0n) is 19.7. The summed E-state index contributed by atoms with van der Waals surface area (Å²) < 4.78 is 1.88. The van der Waals surface area contributed by atoms with Gasteiger partial charge in [-0.25, -0.2) is 0 Å². The summed E-state index contributed by atoms with van der Waals surface area (Å²) >= 11 is 2.70. The molecule has 0 aliphatic heterocycles. The number of nitrogens with zero attached hydrogens (tertiary/aromatic N) is 3. The molecule has 2 heterocycles. The third kappa shape index (κ3) is 5.57. The summed E-state index contributed by atoms with van der Waals surface area (Å²) in [5, 5.41) is 15.4. The number of nitrogens with one attached hydrogen (secondary N) is 2. The molecule has 0 spiro atoms. The van der Waals surface area contributed by atoms with Crippen LogP contribution in [0.1, 0.15) is 69.7 Å². The molecule has 0 saturated heterocycles. The molecule has 0 fully saturated rings. The Kier molecular flexibility index (Phi) is 7.86. The Bertz CT molecular complexity index is 1240. The number of primary amides is 1. The number of thioether (sulfide) groups is 1. The highest BCUT2D eigenvalue weighted by atomic mass is 32.2. The molecular weight excluding hydrogens is 484 g/mol. The van der Waals surface area contributed by atoms with E-state index in [-0.39, 0.29) is 23.6 Å². The molecule has 1 atom stereocenters. The van der Waals surface area contributed by atoms with Crippen LogP contribution in [0.2, 0.25) is 0 Å². The summed E-state index contributed by atoms with van der Waals surface area (Å²) in [6.45, 7) is 4.39. The van der Waals surface area contributed by atoms with Crippen molar-refractivity contribution in [2.24, 2.45) is 5.73 Å². The zero-order chi connectivity index (χ0) is 24.9. The van der Waals surface area contributed by atoms with E-state index >= 15 is 0 Å². The normalized spacial score (nSPS) is 13.7. The highest BCUT2D eigenvalue weighted by Gasteiger charge is 2.25. The van der Waals surface area contributed by atoms with Crippen molar-refractivity contribution in [3.05, 3.63) is 57.7 Å². The molecule has 9 nitrogen and oxygen atoms in total. The van der Waals surface area contributed by atoms with Gasteiger partial charge in [-0.15, -0.1) is 21.5 Å². The van der Waals surface area contributed by atoms with Gasteiger partial charge >= 0.3 is 0 Å². The smallest absolute Gasteiger partial charge is 0.251 e. The number of amides is 3. The van der Waals surface area contributed by atoms with Crippen LogP contribution in [0, 0.1) is 0 Å². The number of fused-ring (bicyclic) bond motifs is 1. The third-order valence-electron chi connectivity index (χ3n) is 5.84. The van der Waals surface area contributed by atoms with E-state index in [4.69, 9.17) is 5.73 Å². The van der Waals surface area contributed by atoms with Gasteiger partial charge in [-0.3, -0.25) is 14.4 Å². The number of hydrogen-bond donors (Lipinski definition) is 3. The summed E-state index contributed by atoms with van der Waals surface area (Å²) in [6.07, 6.45) is 3.82. The van der Waals surface area contributed by atoms with Crippen LogP contribution in [0.15, 0.2) is 35.5 Å². The number of nitrogens with two attached hydrogens (primary N) is 1. The number of hydrogen-bond acceptors (Lipinski definition) is 7. The van der Waals surface area contributed by atoms with Gasteiger partial charge in [0.2, 0.25) is 5.91 Å². The molecule has 0 radical (unpaired) electrons. The second-order valence-electron chi connectivity index (χ2n) is 8.26. The Balaban J connectivity index is 1.41. The molecule has 4 N–H and O–H groups in total. The lowest BCUT2D eigenvalue weighted by Gasteiger charge is -2.15. The first kappa shape index (κ1) is 24.9. The minimum Gasteiger partial charge on any atom is -0.365 e. The van der Waals surface area contributed by atoms with Gasteiger partial charge in [0.05, 0.1) is 17.4 Å². The molecular formula is C24H28N6O3S2. The van der Waals surface area contributed by atoms with E-state index in [1.807, 2.05) is 36.6 Å². The topological polar surface area (TPSA) is 132 Å². The highest BCUT2D eigenvalue weighted by Crippen LogP contribution is 2.38. The minimum atomic E-state index is -0.505. The van der Waals surface area contributed by atoms with Crippen molar-refractivity contribution in [1.82, 2.24) is 20.1 Å². The number of carbonyl (C=O) groups excluding carboxylic acids is 3. The minimum absolute atomic E-state index is 0.101. The van der Waals surface area contributed by atoms with Crippen molar-refractivity contribution >= 4 is 45.8 Å². The first-order valence-corrected chi connectivity index (χ1v) is 13.3. The van der Waals surface area contributed by atoms with Gasteiger partial charge in [0.15, 0.2) is 11.0 Å². The molecule has 0 saturated carbocycles. The van der Waals surface area contributed by atoms with Gasteiger partial charge in [-0.2, -0.15) is 0 Å². The van der Waals surface area contributed by atoms with Crippen LogP contribution in [-0.4, -0.2) is 38.2 Å². The van der Waals surface area contributed by atoms with Crippen molar-refractivity contribution in [3.63, 3.8) is 0 Å². The quantitative estimate of drug-likeness (QED) is 0.376. The van der Waals surface area contributed by atoms with E-state index in [0.717, 1.165) is 36.1 Å². The molecule has 1 aliphatic carbocycles. The van der Waals surface area contributed by atoms with Crippen LogP contribution >= 0.6 is 23.1 Å². The van der Waals surface area contributed by atoms with Gasteiger partial charge in [0.25, 0.3) is 11.8 Å². The molecule has 2 aromatic heterocycles. The van der Waals surface area contributed by atoms with E-state index in [9.17, 15) is 14.4 Å². The summed E-state index contributed by atoms with van der Waals surface area (Å²) in [5.74, 6) is -0.227. The van der Waals surface area contributed by atoms with Gasteiger partial charge in [0.1, 0.15) is 5.00 Å². The Morgan fingerprint density at radius 1 is 1.17 bits per heavy atom. The van der Waals surface area contributed by atoms with E-state index in [1.165, 1.54) is 23.1 Å². The second kappa shape index (κ2) is 11.0. The second-order valence-corrected chi connectivity index (χ2v) is 10.3. The van der Waals surface area contributed by atoms with E-state index in [0.29, 0.717) is 33.7 Å². The van der Waals surface area contributed by atoms with Crippen molar-refractivity contribution in [1.29, 1.82) is 0 Å². The first-order chi connectivity index (χ1) is 16.9. The fraction of sp³-hybridized carbons (Fsp3) is 0.375. The van der Waals surface area contributed by atoms with Crippen molar-refractivity contribution in [3.8, 4) is 0 Å². The fourth-order valence-corrected chi connectivity index (χ4v) is 6.29. The summed E-state index contributed by atoms with van der Waals surface area (Å²) in [6, 6.07) is 8.61. The molecule has 0 unspecified atom stereocenters. The summed E-state index contributed by atoms with van der Waals surface area (Å²) in [5.41, 5.74) is 7.63. The van der Waals surface area contributed by atoms with Crippen molar-refractivity contribution in [2.75, 3.05) is 11.1 Å². The fourth-order valence-electron chi connectivity index (χ4n) is 4.17. The van der Waals surface area contributed by atoms with Crippen LogP contribution in [0.5, 0.6) is 0 Å². The lowest BCUT2D eigenvalue weighted by atomic mass is 9.95. The molecule has 1 aliphatic rings. The lowest BCUT2D eigenvalue weighted by molar-refractivity contribution is -0.113. The maximum absolute atomic E-state index is 12.7. The maximum Gasteiger partial charge on any atom is 0.251 e. The number of anilines is 1. The van der Waals surface area contributed by atoms with Gasteiger partial charge in [0, 0.05) is 17.0 Å². The van der Waals surface area contributed by atoms with E-state index < -0.39 is 5.91 Å². The van der Waals surface area contributed by atoms with Crippen molar-refractivity contribution in [2.45, 2.75) is 57.3 Å². The molecule has 35 heavy (non-hydrogen) atoms. The predicted molar refractivity (Wildman–Crippen MR) is 137 cm³/mol. The molecule has 4 rings (SSSR count). The number of aryl methyl sites for hydroxylation is 1. The van der Waals surface area contributed by atoms with Crippen LogP contribution < -0.4 is 16.4 Å². The number of thiophene rings is 1. The number of aromatic nitrogens is 3. The van der Waals surface area contributed by atoms with E-state index in [1.54, 1.807) is 12.1 Å². The largest absolute Gasteiger partial charge is 0.365 e. The van der Waals surface area contributed by atoms with Crippen LogP contribution in [0.3, 0.4) is 0 Å². The van der Waals surface area contributed by atoms with Gasteiger partial charge in [-0.1, -0.05) is 30.0 Å². The van der Waals surface area contributed by atoms with Crippen LogP contribution in [0.25, 0.3) is 0 Å².